The van der Waals surface area contributed by atoms with E-state index in [4.69, 9.17) is 58.0 Å². The number of rotatable bonds is 2. The molecule has 0 atom stereocenters. The van der Waals surface area contributed by atoms with Gasteiger partial charge < -0.3 is 0 Å². The van der Waals surface area contributed by atoms with E-state index in [-0.39, 0.29) is 0 Å². The predicted octanol–water partition coefficient (Wildman–Crippen LogP) is 4.43. The molecule has 0 spiro atoms. The molecule has 0 aliphatic carbocycles. The lowest BCUT2D eigenvalue weighted by atomic mass is 10.2. The van der Waals surface area contributed by atoms with Gasteiger partial charge in [-0.25, -0.2) is 8.78 Å². The molecule has 0 aliphatic rings. The second-order valence-electron chi connectivity index (χ2n) is 2.00. The topological polar surface area (TPSA) is 0 Å². The fourth-order valence-corrected chi connectivity index (χ4v) is 0.869. The Balaban J connectivity index is 5.04. The average Bonchev–Trinajstić information content (AvgIpc) is 1.84. The highest BCUT2D eigenvalue weighted by Gasteiger charge is 2.68. The molecule has 0 rings (SSSR count). The third kappa shape index (κ3) is 2.59. The van der Waals surface area contributed by atoms with Crippen LogP contribution >= 0.6 is 58.0 Å². The van der Waals surface area contributed by atoms with Gasteiger partial charge in [0.1, 0.15) is 0 Å². The fourth-order valence-electron chi connectivity index (χ4n) is 0.326. The summed E-state index contributed by atoms with van der Waals surface area (Å²) in [5, 5.41) is 0. The van der Waals surface area contributed by atoms with Crippen molar-refractivity contribution in [3.05, 3.63) is 0 Å². The third-order valence-electron chi connectivity index (χ3n) is 1.05. The first-order valence-electron chi connectivity index (χ1n) is 2.55. The first-order valence-corrected chi connectivity index (χ1v) is 4.44. The Kier molecular flexibility index (Phi) is 4.33. The molecule has 0 nitrogen and oxygen atoms in total. The number of hydrogen-bond acceptors (Lipinski definition) is 0. The Morgan fingerprint density at radius 1 is 0.846 bits per heavy atom. The van der Waals surface area contributed by atoms with Crippen molar-refractivity contribution < 1.29 is 17.6 Å². The van der Waals surface area contributed by atoms with Crippen molar-refractivity contribution >= 4 is 58.0 Å². The molecule has 9 heteroatoms. The van der Waals surface area contributed by atoms with Crippen LogP contribution in [0.2, 0.25) is 0 Å². The molecule has 13 heavy (non-hydrogen) atoms. The Morgan fingerprint density at radius 3 is 1.23 bits per heavy atom. The van der Waals surface area contributed by atoms with Crippen molar-refractivity contribution in [2.75, 3.05) is 0 Å². The Hall–Kier alpha value is 1.17. The maximum Gasteiger partial charge on any atom is 0.343 e. The average molecular weight is 302 g/mol. The monoisotopic (exact) mass is 300 g/mol. The summed E-state index contributed by atoms with van der Waals surface area (Å²) < 4.78 is 42.2. The van der Waals surface area contributed by atoms with Crippen molar-refractivity contribution in [3.8, 4) is 0 Å². The largest absolute Gasteiger partial charge is 0.343 e. The molecule has 0 heterocycles. The Bertz CT molecular complexity index is 185. The highest BCUT2D eigenvalue weighted by molar-refractivity contribution is 6.75. The van der Waals surface area contributed by atoms with E-state index in [1.165, 1.54) is 0 Å². The summed E-state index contributed by atoms with van der Waals surface area (Å²) in [6, 6.07) is 0. The molecule has 0 aliphatic heterocycles. The lowest BCUT2D eigenvalue weighted by Gasteiger charge is -2.33. The zero-order valence-electron chi connectivity index (χ0n) is 5.48. The quantitative estimate of drug-likeness (QED) is 0.523. The summed E-state index contributed by atoms with van der Waals surface area (Å²) >= 11 is 24.4. The van der Waals surface area contributed by atoms with Crippen LogP contribution < -0.4 is 0 Å². The van der Waals surface area contributed by atoms with Crippen molar-refractivity contribution in [2.24, 2.45) is 0 Å². The van der Waals surface area contributed by atoms with Crippen LogP contribution in [0, 0.1) is 0 Å². The smallest absolute Gasteiger partial charge is 0.203 e. The molecular formula is C4HCl5F4. The second kappa shape index (κ2) is 3.97. The van der Waals surface area contributed by atoms with E-state index < -0.39 is 20.5 Å². The molecule has 0 aromatic carbocycles. The van der Waals surface area contributed by atoms with Gasteiger partial charge >= 0.3 is 12.3 Å². The van der Waals surface area contributed by atoms with Gasteiger partial charge in [0.25, 0.3) is 0 Å². The van der Waals surface area contributed by atoms with Gasteiger partial charge in [0.15, 0.2) is 0 Å². The second-order valence-corrected chi connectivity index (χ2v) is 5.60. The van der Waals surface area contributed by atoms with Gasteiger partial charge in [0.2, 0.25) is 8.13 Å². The Labute approximate surface area is 96.0 Å². The summed E-state index contributed by atoms with van der Waals surface area (Å²) in [7, 11) is 0. The normalized spacial score (nSPS) is 15.2. The number of hydrogen-bond donors (Lipinski definition) is 0. The van der Waals surface area contributed by atoms with Crippen LogP contribution in [0.3, 0.4) is 0 Å². The van der Waals surface area contributed by atoms with E-state index in [1.54, 1.807) is 0 Å². The lowest BCUT2D eigenvalue weighted by molar-refractivity contribution is -0.137. The summed E-state index contributed by atoms with van der Waals surface area (Å²) in [6.07, 6.45) is -4.13. The van der Waals surface area contributed by atoms with Gasteiger partial charge in [-0.05, 0) is 0 Å². The molecule has 0 saturated heterocycles. The van der Waals surface area contributed by atoms with Crippen molar-refractivity contribution in [2.45, 2.75) is 20.5 Å². The van der Waals surface area contributed by atoms with E-state index in [0.29, 0.717) is 0 Å². The van der Waals surface area contributed by atoms with E-state index in [1.807, 2.05) is 0 Å². The van der Waals surface area contributed by atoms with Crippen molar-refractivity contribution in [1.82, 2.24) is 0 Å². The van der Waals surface area contributed by atoms with E-state index in [0.717, 1.165) is 0 Å². The highest BCUT2D eigenvalue weighted by Crippen LogP contribution is 2.55. The molecule has 0 bridgehead atoms. The van der Waals surface area contributed by atoms with Crippen LogP contribution in [-0.4, -0.2) is 20.5 Å². The Morgan fingerprint density at radius 2 is 1.15 bits per heavy atom. The van der Waals surface area contributed by atoms with Crippen LogP contribution in [0.25, 0.3) is 0 Å². The molecule has 0 amide bonds. The summed E-state index contributed by atoms with van der Waals surface area (Å²) in [4.78, 5) is 0. The molecule has 0 fully saturated rings. The number of alkyl halides is 9. The van der Waals surface area contributed by atoms with Gasteiger partial charge in [-0.3, -0.25) is 0 Å². The lowest BCUT2D eigenvalue weighted by Crippen LogP contribution is -2.52. The van der Waals surface area contributed by atoms with Gasteiger partial charge in [-0.1, -0.05) is 58.0 Å². The van der Waals surface area contributed by atoms with Crippen LogP contribution in [0.4, 0.5) is 17.6 Å². The minimum Gasteiger partial charge on any atom is -0.203 e. The third-order valence-corrected chi connectivity index (χ3v) is 3.55. The van der Waals surface area contributed by atoms with Gasteiger partial charge in [-0.2, -0.15) is 8.78 Å². The number of halogens is 9. The van der Waals surface area contributed by atoms with E-state index in [9.17, 15) is 17.6 Å². The van der Waals surface area contributed by atoms with E-state index in [2.05, 4.69) is 0 Å². The van der Waals surface area contributed by atoms with Crippen molar-refractivity contribution in [3.63, 3.8) is 0 Å². The van der Waals surface area contributed by atoms with Gasteiger partial charge in [0.05, 0.1) is 0 Å². The molecule has 0 aromatic rings. The molecule has 0 unspecified atom stereocenters. The standard InChI is InChI=1S/C4HCl5F4/c5-3(6,4(7,8)9)2(12,13)1(10)11/h1H. The maximum absolute atomic E-state index is 12.6. The molecular weight excluding hydrogens is 301 g/mol. The van der Waals surface area contributed by atoms with Crippen molar-refractivity contribution in [1.29, 1.82) is 0 Å². The predicted molar refractivity (Wildman–Crippen MR) is 45.7 cm³/mol. The molecule has 0 aromatic heterocycles. The van der Waals surface area contributed by atoms with Crippen LogP contribution in [0.15, 0.2) is 0 Å². The molecule has 0 radical (unpaired) electrons. The maximum atomic E-state index is 12.6. The summed E-state index contributed by atoms with van der Waals surface area (Å²) in [5.41, 5.74) is 0. The first kappa shape index (κ1) is 14.2. The van der Waals surface area contributed by atoms with E-state index >= 15 is 0 Å². The summed E-state index contributed by atoms with van der Waals surface area (Å²) in [5.74, 6) is -4.82. The van der Waals surface area contributed by atoms with Crippen LogP contribution in [0.5, 0.6) is 0 Å². The first-order chi connectivity index (χ1) is 5.44. The van der Waals surface area contributed by atoms with Gasteiger partial charge in [-0.15, -0.1) is 0 Å². The fraction of sp³-hybridized carbons (Fsp3) is 1.00. The SMILES string of the molecule is FC(F)C(F)(F)C(Cl)(Cl)C(Cl)(Cl)Cl. The zero-order chi connectivity index (χ0) is 11.1. The minimum atomic E-state index is -4.82. The molecule has 80 valence electrons. The zero-order valence-corrected chi connectivity index (χ0v) is 9.26. The van der Waals surface area contributed by atoms with Crippen LogP contribution in [-0.2, 0) is 0 Å². The van der Waals surface area contributed by atoms with Crippen LogP contribution in [0.1, 0.15) is 0 Å². The molecule has 0 N–H and O–H groups in total. The van der Waals surface area contributed by atoms with Gasteiger partial charge in [0, 0.05) is 0 Å². The molecule has 0 saturated carbocycles. The highest BCUT2D eigenvalue weighted by atomic mass is 35.6. The minimum absolute atomic E-state index is 2.92. The summed E-state index contributed by atoms with van der Waals surface area (Å²) in [6.45, 7) is 0.